The third kappa shape index (κ3) is 5.93. The van der Waals surface area contributed by atoms with Crippen LogP contribution in [0.3, 0.4) is 0 Å². The van der Waals surface area contributed by atoms with E-state index in [2.05, 4.69) is 57.9 Å². The Bertz CT molecular complexity index is 680. The van der Waals surface area contributed by atoms with Gasteiger partial charge in [-0.1, -0.05) is 37.3 Å². The first-order chi connectivity index (χ1) is 13.1. The fourth-order valence-electron chi connectivity index (χ4n) is 3.74. The first-order valence-corrected chi connectivity index (χ1v) is 10.2. The average Bonchev–Trinajstić information content (AvgIpc) is 2.70. The lowest BCUT2D eigenvalue weighted by Gasteiger charge is -2.30. The van der Waals surface area contributed by atoms with Crippen molar-refractivity contribution in [3.8, 4) is 0 Å². The first-order valence-electron chi connectivity index (χ1n) is 10.2. The number of anilines is 2. The van der Waals surface area contributed by atoms with Gasteiger partial charge in [-0.15, -0.1) is 0 Å². The summed E-state index contributed by atoms with van der Waals surface area (Å²) in [6.07, 6.45) is 7.78. The Balaban J connectivity index is 1.37. The molecule has 0 aliphatic heterocycles. The molecule has 0 spiro atoms. The molecule has 0 bridgehead atoms. The molecular formula is C22H33N5. The van der Waals surface area contributed by atoms with E-state index in [1.54, 1.807) is 0 Å². The predicted molar refractivity (Wildman–Crippen MR) is 114 cm³/mol. The summed E-state index contributed by atoms with van der Waals surface area (Å²) >= 11 is 0. The van der Waals surface area contributed by atoms with Crippen molar-refractivity contribution in [2.75, 3.05) is 30.9 Å². The van der Waals surface area contributed by atoms with Crippen LogP contribution in [-0.4, -0.2) is 42.7 Å². The van der Waals surface area contributed by atoms with Gasteiger partial charge in [0.05, 0.1) is 0 Å². The Morgan fingerprint density at radius 3 is 2.44 bits per heavy atom. The summed E-state index contributed by atoms with van der Waals surface area (Å²) in [4.78, 5) is 10.9. The third-order valence-corrected chi connectivity index (χ3v) is 5.54. The Kier molecular flexibility index (Phi) is 7.04. The zero-order chi connectivity index (χ0) is 19.1. The SMILES string of the molecule is CC(CCNC1CCC(Nc2nccc(N(C)C)n2)CC1)c1ccccc1. The highest BCUT2D eigenvalue weighted by Crippen LogP contribution is 2.23. The second-order valence-corrected chi connectivity index (χ2v) is 7.88. The van der Waals surface area contributed by atoms with Gasteiger partial charge in [-0.25, -0.2) is 4.98 Å². The largest absolute Gasteiger partial charge is 0.363 e. The average molecular weight is 368 g/mol. The summed E-state index contributed by atoms with van der Waals surface area (Å²) in [6, 6.07) is 13.9. The van der Waals surface area contributed by atoms with Crippen LogP contribution in [-0.2, 0) is 0 Å². The van der Waals surface area contributed by atoms with Crippen molar-refractivity contribution < 1.29 is 0 Å². The number of nitrogens with zero attached hydrogens (tertiary/aromatic N) is 3. The molecule has 2 aromatic rings. The van der Waals surface area contributed by atoms with Gasteiger partial charge in [0, 0.05) is 32.4 Å². The van der Waals surface area contributed by atoms with E-state index in [-0.39, 0.29) is 0 Å². The van der Waals surface area contributed by atoms with E-state index in [9.17, 15) is 0 Å². The summed E-state index contributed by atoms with van der Waals surface area (Å²) in [5.74, 6) is 2.29. The van der Waals surface area contributed by atoms with Crippen LogP contribution in [0.25, 0.3) is 0 Å². The molecule has 1 saturated carbocycles. The van der Waals surface area contributed by atoms with Gasteiger partial charge in [0.25, 0.3) is 0 Å². The normalized spacial score (nSPS) is 20.9. The van der Waals surface area contributed by atoms with Crippen molar-refractivity contribution >= 4 is 11.8 Å². The second kappa shape index (κ2) is 9.70. The van der Waals surface area contributed by atoms with Crippen molar-refractivity contribution in [1.29, 1.82) is 0 Å². The van der Waals surface area contributed by atoms with Gasteiger partial charge in [-0.05, 0) is 56.2 Å². The van der Waals surface area contributed by atoms with E-state index in [0.29, 0.717) is 18.0 Å². The van der Waals surface area contributed by atoms with Crippen molar-refractivity contribution in [2.24, 2.45) is 0 Å². The van der Waals surface area contributed by atoms with Crippen LogP contribution in [0.1, 0.15) is 50.5 Å². The highest BCUT2D eigenvalue weighted by molar-refractivity contribution is 5.41. The minimum atomic E-state index is 0.476. The van der Waals surface area contributed by atoms with Gasteiger partial charge >= 0.3 is 0 Å². The Hall–Kier alpha value is -2.14. The topological polar surface area (TPSA) is 53.1 Å². The van der Waals surface area contributed by atoms with E-state index < -0.39 is 0 Å². The minimum absolute atomic E-state index is 0.476. The van der Waals surface area contributed by atoms with E-state index in [4.69, 9.17) is 0 Å². The van der Waals surface area contributed by atoms with Gasteiger partial charge in [0.15, 0.2) is 0 Å². The molecule has 1 aliphatic carbocycles. The maximum atomic E-state index is 4.57. The Labute approximate surface area is 163 Å². The number of rotatable bonds is 8. The van der Waals surface area contributed by atoms with Crippen molar-refractivity contribution in [2.45, 2.75) is 57.0 Å². The zero-order valence-corrected chi connectivity index (χ0v) is 16.9. The third-order valence-electron chi connectivity index (χ3n) is 5.54. The fraction of sp³-hybridized carbons (Fsp3) is 0.545. The van der Waals surface area contributed by atoms with Crippen LogP contribution < -0.4 is 15.5 Å². The molecule has 1 atom stereocenters. The van der Waals surface area contributed by atoms with Crippen molar-refractivity contribution in [3.63, 3.8) is 0 Å². The van der Waals surface area contributed by atoms with E-state index in [0.717, 1.165) is 18.3 Å². The molecule has 1 unspecified atom stereocenters. The molecule has 27 heavy (non-hydrogen) atoms. The predicted octanol–water partition coefficient (Wildman–Crippen LogP) is 4.05. The molecule has 1 aliphatic rings. The van der Waals surface area contributed by atoms with Gasteiger partial charge in [-0.3, -0.25) is 0 Å². The number of hydrogen-bond acceptors (Lipinski definition) is 5. The van der Waals surface area contributed by atoms with Gasteiger partial charge in [0.2, 0.25) is 5.95 Å². The van der Waals surface area contributed by atoms with E-state index in [1.165, 1.54) is 37.7 Å². The molecule has 0 amide bonds. The molecule has 1 aromatic carbocycles. The van der Waals surface area contributed by atoms with Gasteiger partial charge in [0.1, 0.15) is 5.82 Å². The summed E-state index contributed by atoms with van der Waals surface area (Å²) in [6.45, 7) is 3.41. The zero-order valence-electron chi connectivity index (χ0n) is 16.9. The van der Waals surface area contributed by atoms with Crippen LogP contribution in [0.4, 0.5) is 11.8 Å². The highest BCUT2D eigenvalue weighted by atomic mass is 15.2. The monoisotopic (exact) mass is 367 g/mol. The number of nitrogens with one attached hydrogen (secondary N) is 2. The Morgan fingerprint density at radius 2 is 1.74 bits per heavy atom. The molecule has 0 radical (unpaired) electrons. The molecule has 3 rings (SSSR count). The quantitative estimate of drug-likeness (QED) is 0.737. The van der Waals surface area contributed by atoms with Crippen LogP contribution in [0.15, 0.2) is 42.6 Å². The molecule has 0 saturated heterocycles. The van der Waals surface area contributed by atoms with E-state index in [1.807, 2.05) is 31.3 Å². The van der Waals surface area contributed by atoms with Crippen molar-refractivity contribution in [3.05, 3.63) is 48.2 Å². The number of benzene rings is 1. The lowest BCUT2D eigenvalue weighted by molar-refractivity contribution is 0.349. The van der Waals surface area contributed by atoms with Crippen LogP contribution in [0, 0.1) is 0 Å². The molecule has 1 aromatic heterocycles. The second-order valence-electron chi connectivity index (χ2n) is 7.88. The molecule has 5 nitrogen and oxygen atoms in total. The summed E-state index contributed by atoms with van der Waals surface area (Å²) < 4.78 is 0. The van der Waals surface area contributed by atoms with Crippen LogP contribution >= 0.6 is 0 Å². The number of aromatic nitrogens is 2. The maximum absolute atomic E-state index is 4.57. The molecular weight excluding hydrogens is 334 g/mol. The lowest BCUT2D eigenvalue weighted by Crippen LogP contribution is -2.37. The van der Waals surface area contributed by atoms with Gasteiger partial charge < -0.3 is 15.5 Å². The molecule has 1 fully saturated rings. The van der Waals surface area contributed by atoms with Crippen molar-refractivity contribution in [1.82, 2.24) is 15.3 Å². The standard InChI is InChI=1S/C22H33N5/c1-17(18-7-5-4-6-8-18)13-15-23-19-9-11-20(12-10-19)25-22-24-16-14-21(26-22)27(2)3/h4-8,14,16-17,19-20,23H,9-13,15H2,1-3H3,(H,24,25,26). The van der Waals surface area contributed by atoms with Gasteiger partial charge in [-0.2, -0.15) is 4.98 Å². The summed E-state index contributed by atoms with van der Waals surface area (Å²) in [5, 5.41) is 7.28. The maximum Gasteiger partial charge on any atom is 0.224 e. The Morgan fingerprint density at radius 1 is 1.04 bits per heavy atom. The molecule has 146 valence electrons. The first kappa shape index (κ1) is 19.6. The summed E-state index contributed by atoms with van der Waals surface area (Å²) in [5.41, 5.74) is 1.44. The summed E-state index contributed by atoms with van der Waals surface area (Å²) in [7, 11) is 4.00. The van der Waals surface area contributed by atoms with Crippen LogP contribution in [0.2, 0.25) is 0 Å². The molecule has 2 N–H and O–H groups in total. The lowest BCUT2D eigenvalue weighted by atomic mass is 9.91. The minimum Gasteiger partial charge on any atom is -0.363 e. The smallest absolute Gasteiger partial charge is 0.224 e. The molecule has 1 heterocycles. The van der Waals surface area contributed by atoms with E-state index >= 15 is 0 Å². The van der Waals surface area contributed by atoms with Crippen LogP contribution in [0.5, 0.6) is 0 Å². The number of hydrogen-bond donors (Lipinski definition) is 2. The highest BCUT2D eigenvalue weighted by Gasteiger charge is 2.21. The molecule has 5 heteroatoms. The fourth-order valence-corrected chi connectivity index (χ4v) is 3.74.